The van der Waals surface area contributed by atoms with Crippen LogP contribution in [0.25, 0.3) is 11.3 Å². The molecule has 1 heterocycles. The minimum absolute atomic E-state index is 0.0445. The molecule has 0 amide bonds. The quantitative estimate of drug-likeness (QED) is 0.339. The van der Waals surface area contributed by atoms with E-state index in [-0.39, 0.29) is 18.3 Å². The molecule has 2 aromatic carbocycles. The number of carbonyl (C=O) groups excluding carboxylic acids is 1. The lowest BCUT2D eigenvalue weighted by Crippen LogP contribution is -2.36. The molecule has 0 unspecified atom stereocenters. The first-order valence-corrected chi connectivity index (χ1v) is 12.5. The van der Waals surface area contributed by atoms with Crippen molar-refractivity contribution in [3.63, 3.8) is 0 Å². The summed E-state index contributed by atoms with van der Waals surface area (Å²) in [7, 11) is 1.78. The number of hydrogen-bond donors (Lipinski definition) is 1. The second-order valence-electron chi connectivity index (χ2n) is 9.38. The van der Waals surface area contributed by atoms with E-state index in [2.05, 4.69) is 4.90 Å². The van der Waals surface area contributed by atoms with Gasteiger partial charge in [-0.3, -0.25) is 9.69 Å². The van der Waals surface area contributed by atoms with Crippen molar-refractivity contribution in [1.82, 2.24) is 14.7 Å². The summed E-state index contributed by atoms with van der Waals surface area (Å²) in [6.07, 6.45) is 2.52. The lowest BCUT2D eigenvalue weighted by Gasteiger charge is -2.25. The standard InChI is InChI=1S/C28H34FN3O4/c1-3-9-26(34)35-19-22(33)17-32(16-20-14-15-20)18-23-27(21-10-5-4-6-11-21)30-31(2)28(23)36-25-13-8-7-12-24(25)29/h4-8,10-13,20,22,33H,3,9,14-19H2,1-2H3/t22-/m0/s1. The molecule has 1 N–H and O–H groups in total. The van der Waals surface area contributed by atoms with E-state index in [9.17, 15) is 14.3 Å². The van der Waals surface area contributed by atoms with E-state index in [0.717, 1.165) is 36.2 Å². The van der Waals surface area contributed by atoms with Gasteiger partial charge in [-0.25, -0.2) is 9.07 Å². The Morgan fingerprint density at radius 2 is 1.92 bits per heavy atom. The highest BCUT2D eigenvalue weighted by Crippen LogP contribution is 2.36. The Kier molecular flexibility index (Phi) is 8.72. The van der Waals surface area contributed by atoms with Crippen LogP contribution in [0.1, 0.15) is 38.2 Å². The fourth-order valence-electron chi connectivity index (χ4n) is 4.19. The van der Waals surface area contributed by atoms with Crippen molar-refractivity contribution in [2.45, 2.75) is 45.3 Å². The van der Waals surface area contributed by atoms with Gasteiger partial charge in [0.25, 0.3) is 0 Å². The molecule has 0 bridgehead atoms. The minimum atomic E-state index is -0.822. The third-order valence-corrected chi connectivity index (χ3v) is 6.13. The first-order chi connectivity index (χ1) is 17.4. The number of ether oxygens (including phenoxy) is 2. The summed E-state index contributed by atoms with van der Waals surface area (Å²) >= 11 is 0. The summed E-state index contributed by atoms with van der Waals surface area (Å²) < 4.78 is 27.4. The predicted octanol–water partition coefficient (Wildman–Crippen LogP) is 4.93. The lowest BCUT2D eigenvalue weighted by atomic mass is 10.1. The summed E-state index contributed by atoms with van der Waals surface area (Å²) in [6, 6.07) is 16.1. The highest BCUT2D eigenvalue weighted by Gasteiger charge is 2.29. The highest BCUT2D eigenvalue weighted by atomic mass is 19.1. The molecule has 7 nitrogen and oxygen atoms in total. The molecule has 4 rings (SSSR count). The van der Waals surface area contributed by atoms with Crippen LogP contribution in [0.2, 0.25) is 0 Å². The second kappa shape index (κ2) is 12.1. The van der Waals surface area contributed by atoms with Gasteiger partial charge in [0, 0.05) is 38.7 Å². The van der Waals surface area contributed by atoms with E-state index in [1.165, 1.54) is 6.07 Å². The van der Waals surface area contributed by atoms with Crippen LogP contribution in [0.4, 0.5) is 4.39 Å². The van der Waals surface area contributed by atoms with Crippen LogP contribution < -0.4 is 4.74 Å². The third-order valence-electron chi connectivity index (χ3n) is 6.13. The van der Waals surface area contributed by atoms with Crippen LogP contribution in [0.15, 0.2) is 54.6 Å². The summed E-state index contributed by atoms with van der Waals surface area (Å²) in [5, 5.41) is 15.4. The summed E-state index contributed by atoms with van der Waals surface area (Å²) in [6.45, 7) is 3.43. The molecule has 0 radical (unpaired) electrons. The largest absolute Gasteiger partial charge is 0.463 e. The molecule has 1 aliphatic carbocycles. The van der Waals surface area contributed by atoms with Crippen molar-refractivity contribution in [3.05, 3.63) is 66.0 Å². The molecule has 0 aliphatic heterocycles. The van der Waals surface area contributed by atoms with E-state index in [4.69, 9.17) is 14.6 Å². The third kappa shape index (κ3) is 6.92. The van der Waals surface area contributed by atoms with Gasteiger partial charge in [-0.05, 0) is 37.3 Å². The lowest BCUT2D eigenvalue weighted by molar-refractivity contribution is -0.147. The molecule has 36 heavy (non-hydrogen) atoms. The molecule has 1 saturated carbocycles. The van der Waals surface area contributed by atoms with E-state index >= 15 is 0 Å². The number of esters is 1. The number of nitrogens with zero attached hydrogens (tertiary/aromatic N) is 3. The van der Waals surface area contributed by atoms with Crippen molar-refractivity contribution in [3.8, 4) is 22.9 Å². The topological polar surface area (TPSA) is 76.8 Å². The van der Waals surface area contributed by atoms with Gasteiger partial charge >= 0.3 is 5.97 Å². The van der Waals surface area contributed by atoms with Crippen LogP contribution in [-0.4, -0.2) is 51.6 Å². The Morgan fingerprint density at radius 1 is 1.19 bits per heavy atom. The maximum atomic E-state index is 14.4. The zero-order valence-electron chi connectivity index (χ0n) is 20.9. The van der Waals surface area contributed by atoms with Gasteiger partial charge < -0.3 is 14.6 Å². The van der Waals surface area contributed by atoms with Gasteiger partial charge in [0.15, 0.2) is 11.6 Å². The Bertz CT molecular complexity index is 1150. The van der Waals surface area contributed by atoms with E-state index in [0.29, 0.717) is 37.7 Å². The van der Waals surface area contributed by atoms with Gasteiger partial charge in [0.05, 0.1) is 5.56 Å². The van der Waals surface area contributed by atoms with Crippen molar-refractivity contribution in [2.24, 2.45) is 13.0 Å². The zero-order valence-corrected chi connectivity index (χ0v) is 20.9. The Labute approximate surface area is 211 Å². The second-order valence-corrected chi connectivity index (χ2v) is 9.38. The summed E-state index contributed by atoms with van der Waals surface area (Å²) in [5.41, 5.74) is 2.48. The van der Waals surface area contributed by atoms with Crippen molar-refractivity contribution in [2.75, 3.05) is 19.7 Å². The Balaban J connectivity index is 1.61. The molecule has 1 aliphatic rings. The smallest absolute Gasteiger partial charge is 0.305 e. The highest BCUT2D eigenvalue weighted by molar-refractivity contribution is 5.69. The van der Waals surface area contributed by atoms with Crippen LogP contribution in [0, 0.1) is 11.7 Å². The fraction of sp³-hybridized carbons (Fsp3) is 0.429. The van der Waals surface area contributed by atoms with Crippen LogP contribution >= 0.6 is 0 Å². The fourth-order valence-corrected chi connectivity index (χ4v) is 4.19. The Morgan fingerprint density at radius 3 is 2.61 bits per heavy atom. The van der Waals surface area contributed by atoms with Gasteiger partial charge in [0.1, 0.15) is 18.4 Å². The van der Waals surface area contributed by atoms with Crippen molar-refractivity contribution < 1.29 is 23.8 Å². The maximum absolute atomic E-state index is 14.4. The van der Waals surface area contributed by atoms with Crippen LogP contribution in [0.3, 0.4) is 0 Å². The normalized spacial score (nSPS) is 14.1. The van der Waals surface area contributed by atoms with Gasteiger partial charge in [-0.2, -0.15) is 5.10 Å². The molecule has 8 heteroatoms. The molecule has 0 spiro atoms. The molecule has 0 saturated heterocycles. The predicted molar refractivity (Wildman–Crippen MR) is 135 cm³/mol. The number of aliphatic hydroxyl groups excluding tert-OH is 1. The number of hydrogen-bond acceptors (Lipinski definition) is 6. The number of aliphatic hydroxyl groups is 1. The molecular formula is C28H34FN3O4. The summed E-state index contributed by atoms with van der Waals surface area (Å²) in [5.74, 6) is 0.378. The van der Waals surface area contributed by atoms with Crippen LogP contribution in [-0.2, 0) is 23.1 Å². The average Bonchev–Trinajstić information content (AvgIpc) is 3.63. The zero-order chi connectivity index (χ0) is 25.5. The molecule has 1 aromatic heterocycles. The van der Waals surface area contributed by atoms with E-state index < -0.39 is 11.9 Å². The number of halogens is 1. The van der Waals surface area contributed by atoms with Crippen LogP contribution in [0.5, 0.6) is 11.6 Å². The molecule has 192 valence electrons. The number of carbonyl (C=O) groups is 1. The van der Waals surface area contributed by atoms with Gasteiger partial charge in [0.2, 0.25) is 5.88 Å². The SMILES string of the molecule is CCCC(=O)OC[C@@H](O)CN(Cc1c(-c2ccccc2)nn(C)c1Oc1ccccc1F)CC1CC1. The number of aryl methyl sites for hydroxylation is 1. The monoisotopic (exact) mass is 495 g/mol. The minimum Gasteiger partial charge on any atom is -0.463 e. The molecule has 3 aromatic rings. The first-order valence-electron chi connectivity index (χ1n) is 12.5. The molecular weight excluding hydrogens is 461 g/mol. The Hall–Kier alpha value is -3.23. The average molecular weight is 496 g/mol. The number of aromatic nitrogens is 2. The molecule has 1 atom stereocenters. The van der Waals surface area contributed by atoms with Gasteiger partial charge in [-0.1, -0.05) is 49.4 Å². The van der Waals surface area contributed by atoms with Gasteiger partial charge in [-0.15, -0.1) is 0 Å². The first kappa shape index (κ1) is 25.9. The summed E-state index contributed by atoms with van der Waals surface area (Å²) in [4.78, 5) is 13.9. The van der Waals surface area contributed by atoms with Crippen molar-refractivity contribution in [1.29, 1.82) is 0 Å². The van der Waals surface area contributed by atoms with Crippen molar-refractivity contribution >= 4 is 5.97 Å². The maximum Gasteiger partial charge on any atom is 0.305 e. The number of para-hydroxylation sites is 1. The van der Waals surface area contributed by atoms with E-state index in [1.807, 2.05) is 37.3 Å². The van der Waals surface area contributed by atoms with E-state index in [1.54, 1.807) is 29.9 Å². The number of rotatable bonds is 13. The number of benzene rings is 2. The molecule has 1 fully saturated rings.